The van der Waals surface area contributed by atoms with E-state index in [9.17, 15) is 14.4 Å². The molecule has 0 fully saturated rings. The molecule has 2 heterocycles. The first-order chi connectivity index (χ1) is 14.5. The van der Waals surface area contributed by atoms with Crippen LogP contribution in [-0.2, 0) is 19.1 Å². The molecule has 1 aromatic carbocycles. The van der Waals surface area contributed by atoms with Gasteiger partial charge in [-0.25, -0.2) is 4.79 Å². The molecule has 2 aromatic rings. The van der Waals surface area contributed by atoms with Crippen LogP contribution in [0, 0.1) is 0 Å². The largest absolute Gasteiger partial charge is 0.464 e. The first-order valence-corrected chi connectivity index (χ1v) is 9.93. The molecule has 1 N–H and O–H groups in total. The number of carbonyl (C=O) groups excluding carboxylic acids is 2. The Labute approximate surface area is 173 Å². The molecule has 7 nitrogen and oxygen atoms in total. The molecule has 156 valence electrons. The number of para-hydroxylation sites is 1. The Kier molecular flexibility index (Phi) is 5.55. The maximum absolute atomic E-state index is 13.3. The molecule has 0 radical (unpaired) electrons. The van der Waals surface area contributed by atoms with Gasteiger partial charge in [-0.3, -0.25) is 9.59 Å². The topological polar surface area (TPSA) is 94.8 Å². The second-order valence-corrected chi connectivity index (χ2v) is 7.41. The zero-order valence-corrected chi connectivity index (χ0v) is 16.9. The lowest BCUT2D eigenvalue weighted by atomic mass is 9.75. The van der Waals surface area contributed by atoms with Gasteiger partial charge in [0.2, 0.25) is 0 Å². The average Bonchev–Trinajstić information content (AvgIpc) is 2.73. The highest BCUT2D eigenvalue weighted by atomic mass is 16.6. The minimum absolute atomic E-state index is 0.0731. The van der Waals surface area contributed by atoms with Crippen LogP contribution in [0.1, 0.15) is 37.7 Å². The maximum atomic E-state index is 13.3. The normalized spacial score (nSPS) is 19.0. The second kappa shape index (κ2) is 8.28. The van der Waals surface area contributed by atoms with E-state index in [0.717, 1.165) is 12.1 Å². The summed E-state index contributed by atoms with van der Waals surface area (Å²) >= 11 is 0. The quantitative estimate of drug-likeness (QED) is 0.599. The monoisotopic (exact) mass is 409 g/mol. The number of carbonyl (C=O) groups is 2. The molecule has 0 saturated carbocycles. The van der Waals surface area contributed by atoms with Crippen molar-refractivity contribution in [1.82, 2.24) is 5.32 Å². The Hall–Kier alpha value is -3.19. The number of benzene rings is 1. The Morgan fingerprint density at radius 2 is 2.00 bits per heavy atom. The van der Waals surface area contributed by atoms with Gasteiger partial charge >= 0.3 is 5.97 Å². The van der Waals surface area contributed by atoms with Crippen LogP contribution < -0.4 is 10.7 Å². The van der Waals surface area contributed by atoms with E-state index in [-0.39, 0.29) is 35.6 Å². The summed E-state index contributed by atoms with van der Waals surface area (Å²) in [5.74, 6) is -1.49. The molecular formula is C23H23NO6. The lowest BCUT2D eigenvalue weighted by molar-refractivity contribution is -0.140. The number of allylic oxidation sites excluding steroid dienone is 3. The van der Waals surface area contributed by atoms with Crippen LogP contribution >= 0.6 is 0 Å². The van der Waals surface area contributed by atoms with Crippen molar-refractivity contribution >= 4 is 22.7 Å². The molecule has 7 heteroatoms. The van der Waals surface area contributed by atoms with Crippen LogP contribution in [0.3, 0.4) is 0 Å². The van der Waals surface area contributed by atoms with Gasteiger partial charge in [0.05, 0.1) is 29.7 Å². The molecule has 2 aliphatic rings. The van der Waals surface area contributed by atoms with Gasteiger partial charge in [0, 0.05) is 36.1 Å². The van der Waals surface area contributed by atoms with Gasteiger partial charge in [-0.1, -0.05) is 12.1 Å². The minimum Gasteiger partial charge on any atom is -0.464 e. The standard InChI is InChI=1S/C23H23NO6/c1-13-19(23(27)29-11-10-28-2)20(21-16(24-13)7-5-8-17(21)25)15-12-30-18-9-4-3-6-14(18)22(15)26/h3-4,6,9,12,20,24H,5,7-8,10-11H2,1-2H3. The minimum atomic E-state index is -0.829. The van der Waals surface area contributed by atoms with Gasteiger partial charge in [-0.15, -0.1) is 0 Å². The molecule has 0 spiro atoms. The predicted molar refractivity (Wildman–Crippen MR) is 110 cm³/mol. The van der Waals surface area contributed by atoms with Crippen LogP contribution in [0.15, 0.2) is 62.3 Å². The maximum Gasteiger partial charge on any atom is 0.336 e. The molecule has 4 rings (SSSR count). The van der Waals surface area contributed by atoms with Gasteiger partial charge in [0.25, 0.3) is 0 Å². The number of methoxy groups -OCH3 is 1. The number of rotatable bonds is 5. The third kappa shape index (κ3) is 3.45. The zero-order chi connectivity index (χ0) is 21.3. The number of ether oxygens (including phenoxy) is 2. The highest BCUT2D eigenvalue weighted by Gasteiger charge is 2.40. The highest BCUT2D eigenvalue weighted by Crippen LogP contribution is 2.41. The lowest BCUT2D eigenvalue weighted by Gasteiger charge is -2.33. The van der Waals surface area contributed by atoms with Gasteiger partial charge in [-0.05, 0) is 31.9 Å². The molecule has 1 aromatic heterocycles. The Morgan fingerprint density at radius 1 is 1.20 bits per heavy atom. The molecule has 0 saturated heterocycles. The van der Waals surface area contributed by atoms with E-state index in [1.165, 1.54) is 13.4 Å². The number of hydrogen-bond donors (Lipinski definition) is 1. The van der Waals surface area contributed by atoms with Crippen molar-refractivity contribution in [3.05, 3.63) is 68.9 Å². The molecular weight excluding hydrogens is 386 g/mol. The molecule has 0 amide bonds. The fourth-order valence-corrected chi connectivity index (χ4v) is 4.15. The van der Waals surface area contributed by atoms with Crippen LogP contribution in [0.2, 0.25) is 0 Å². The third-order valence-corrected chi connectivity index (χ3v) is 5.53. The van der Waals surface area contributed by atoms with E-state index >= 15 is 0 Å². The van der Waals surface area contributed by atoms with E-state index in [4.69, 9.17) is 13.9 Å². The van der Waals surface area contributed by atoms with E-state index in [0.29, 0.717) is 35.1 Å². The Bertz CT molecular complexity index is 1140. The van der Waals surface area contributed by atoms with Crippen molar-refractivity contribution in [2.24, 2.45) is 0 Å². The fraction of sp³-hybridized carbons (Fsp3) is 0.348. The smallest absolute Gasteiger partial charge is 0.336 e. The van der Waals surface area contributed by atoms with Crippen LogP contribution in [0.5, 0.6) is 0 Å². The number of hydrogen-bond acceptors (Lipinski definition) is 7. The molecule has 0 bridgehead atoms. The van der Waals surface area contributed by atoms with Gasteiger partial charge in [-0.2, -0.15) is 0 Å². The molecule has 30 heavy (non-hydrogen) atoms. The molecule has 1 unspecified atom stereocenters. The zero-order valence-electron chi connectivity index (χ0n) is 16.9. The van der Waals surface area contributed by atoms with Crippen LogP contribution in [-0.4, -0.2) is 32.1 Å². The van der Waals surface area contributed by atoms with Crippen molar-refractivity contribution in [2.45, 2.75) is 32.1 Å². The molecule has 1 aliphatic carbocycles. The summed E-state index contributed by atoms with van der Waals surface area (Å²) in [5, 5.41) is 3.61. The van der Waals surface area contributed by atoms with E-state index < -0.39 is 11.9 Å². The van der Waals surface area contributed by atoms with E-state index in [1.807, 2.05) is 0 Å². The number of esters is 1. The van der Waals surface area contributed by atoms with E-state index in [2.05, 4.69) is 5.32 Å². The summed E-state index contributed by atoms with van der Waals surface area (Å²) in [6.07, 6.45) is 3.15. The number of Topliss-reactive ketones (excluding diaryl/α,β-unsaturated/α-hetero) is 1. The van der Waals surface area contributed by atoms with Crippen LogP contribution in [0.25, 0.3) is 11.0 Å². The first-order valence-electron chi connectivity index (χ1n) is 9.93. The number of ketones is 1. The summed E-state index contributed by atoms with van der Waals surface area (Å²) in [5.41, 5.74) is 2.49. The number of fused-ring (bicyclic) bond motifs is 1. The van der Waals surface area contributed by atoms with Crippen molar-refractivity contribution in [3.8, 4) is 0 Å². The summed E-state index contributed by atoms with van der Waals surface area (Å²) in [7, 11) is 1.52. The summed E-state index contributed by atoms with van der Waals surface area (Å²) in [6, 6.07) is 6.92. The summed E-state index contributed by atoms with van der Waals surface area (Å²) in [6.45, 7) is 2.08. The number of dihydropyridines is 1. The van der Waals surface area contributed by atoms with Gasteiger partial charge in [0.1, 0.15) is 12.2 Å². The van der Waals surface area contributed by atoms with Crippen molar-refractivity contribution in [3.63, 3.8) is 0 Å². The van der Waals surface area contributed by atoms with Crippen LogP contribution in [0.4, 0.5) is 0 Å². The van der Waals surface area contributed by atoms with Gasteiger partial charge in [0.15, 0.2) is 11.2 Å². The number of nitrogens with one attached hydrogen (secondary N) is 1. The highest BCUT2D eigenvalue weighted by molar-refractivity contribution is 6.04. The lowest BCUT2D eigenvalue weighted by Crippen LogP contribution is -2.36. The first kappa shape index (κ1) is 20.1. The average molecular weight is 409 g/mol. The fourth-order valence-electron chi connectivity index (χ4n) is 4.15. The van der Waals surface area contributed by atoms with E-state index in [1.54, 1.807) is 31.2 Å². The predicted octanol–water partition coefficient (Wildman–Crippen LogP) is 2.95. The SMILES string of the molecule is COCCOC(=O)C1=C(C)NC2=C(C(=O)CCC2)C1c1coc2ccccc2c1=O. The summed E-state index contributed by atoms with van der Waals surface area (Å²) in [4.78, 5) is 39.2. The van der Waals surface area contributed by atoms with Crippen molar-refractivity contribution in [2.75, 3.05) is 20.3 Å². The summed E-state index contributed by atoms with van der Waals surface area (Å²) < 4.78 is 16.0. The second-order valence-electron chi connectivity index (χ2n) is 7.41. The Morgan fingerprint density at radius 3 is 2.80 bits per heavy atom. The molecule has 1 atom stereocenters. The molecule has 1 aliphatic heterocycles. The van der Waals surface area contributed by atoms with Gasteiger partial charge < -0.3 is 19.2 Å². The Balaban J connectivity index is 1.88. The van der Waals surface area contributed by atoms with Crippen molar-refractivity contribution < 1.29 is 23.5 Å². The third-order valence-electron chi connectivity index (χ3n) is 5.53. The van der Waals surface area contributed by atoms with Crippen molar-refractivity contribution in [1.29, 1.82) is 0 Å².